The van der Waals surface area contributed by atoms with Gasteiger partial charge in [0.2, 0.25) is 0 Å². The smallest absolute Gasteiger partial charge is 0.0526 e. The zero-order valence-electron chi connectivity index (χ0n) is 8.53. The fourth-order valence-corrected chi connectivity index (χ4v) is 2.57. The van der Waals surface area contributed by atoms with E-state index in [1.165, 1.54) is 21.2 Å². The molecular formula is C12H9NNaS. The molecule has 69 valence electrons. The number of hydrogen-bond acceptors (Lipinski definition) is 2. The van der Waals surface area contributed by atoms with E-state index in [9.17, 15) is 0 Å². The maximum absolute atomic E-state index is 3.42. The van der Waals surface area contributed by atoms with Gasteiger partial charge < -0.3 is 5.32 Å². The van der Waals surface area contributed by atoms with Crippen LogP contribution in [0.4, 0.5) is 11.4 Å². The second kappa shape index (κ2) is 4.62. The summed E-state index contributed by atoms with van der Waals surface area (Å²) in [5.74, 6) is 0. The fourth-order valence-electron chi connectivity index (χ4n) is 1.58. The van der Waals surface area contributed by atoms with Crippen LogP contribution < -0.4 is 5.32 Å². The zero-order chi connectivity index (χ0) is 9.38. The van der Waals surface area contributed by atoms with E-state index >= 15 is 0 Å². The van der Waals surface area contributed by atoms with Crippen LogP contribution in [0.3, 0.4) is 0 Å². The summed E-state index contributed by atoms with van der Waals surface area (Å²) >= 11 is 1.82. The third-order valence-corrected chi connectivity index (χ3v) is 3.42. The Morgan fingerprint density at radius 3 is 1.73 bits per heavy atom. The molecule has 0 aromatic heterocycles. The first-order valence-electron chi connectivity index (χ1n) is 4.56. The topological polar surface area (TPSA) is 12.0 Å². The van der Waals surface area contributed by atoms with E-state index < -0.39 is 0 Å². The summed E-state index contributed by atoms with van der Waals surface area (Å²) in [6.07, 6.45) is 0. The van der Waals surface area contributed by atoms with Crippen molar-refractivity contribution in [2.24, 2.45) is 0 Å². The van der Waals surface area contributed by atoms with E-state index in [4.69, 9.17) is 0 Å². The van der Waals surface area contributed by atoms with Gasteiger partial charge in [-0.2, -0.15) is 0 Å². The number of para-hydroxylation sites is 2. The number of benzene rings is 2. The summed E-state index contributed by atoms with van der Waals surface area (Å²) in [6, 6.07) is 16.8. The third-order valence-electron chi connectivity index (χ3n) is 2.26. The van der Waals surface area contributed by atoms with Gasteiger partial charge in [-0.3, -0.25) is 0 Å². The van der Waals surface area contributed by atoms with Crippen molar-refractivity contribution < 1.29 is 0 Å². The minimum Gasteiger partial charge on any atom is -0.354 e. The molecule has 3 heteroatoms. The Labute approximate surface area is 116 Å². The van der Waals surface area contributed by atoms with Crippen LogP contribution in [-0.4, -0.2) is 29.6 Å². The summed E-state index contributed by atoms with van der Waals surface area (Å²) in [5, 5.41) is 3.42. The Hall–Kier alpha value is -0.410. The molecule has 0 spiro atoms. The molecule has 1 aliphatic heterocycles. The van der Waals surface area contributed by atoms with Gasteiger partial charge in [-0.15, -0.1) is 0 Å². The fraction of sp³-hybridized carbons (Fsp3) is 0. The Morgan fingerprint density at radius 1 is 0.733 bits per heavy atom. The molecule has 1 heterocycles. The van der Waals surface area contributed by atoms with Gasteiger partial charge in [0.15, 0.2) is 0 Å². The predicted molar refractivity (Wildman–Crippen MR) is 66.0 cm³/mol. The zero-order valence-corrected chi connectivity index (χ0v) is 11.3. The number of anilines is 2. The van der Waals surface area contributed by atoms with Crippen molar-refractivity contribution in [3.05, 3.63) is 48.5 Å². The Bertz CT molecular complexity index is 397. The maximum atomic E-state index is 3.42. The second-order valence-electron chi connectivity index (χ2n) is 3.22. The third kappa shape index (κ3) is 2.08. The van der Waals surface area contributed by atoms with Crippen molar-refractivity contribution in [2.75, 3.05) is 5.32 Å². The van der Waals surface area contributed by atoms with Gasteiger partial charge in [-0.05, 0) is 24.3 Å². The van der Waals surface area contributed by atoms with Crippen molar-refractivity contribution in [1.29, 1.82) is 0 Å². The van der Waals surface area contributed by atoms with E-state index in [-0.39, 0.29) is 29.6 Å². The van der Waals surface area contributed by atoms with E-state index in [1.54, 1.807) is 0 Å². The van der Waals surface area contributed by atoms with E-state index in [0.29, 0.717) is 0 Å². The molecule has 3 rings (SSSR count). The van der Waals surface area contributed by atoms with Crippen molar-refractivity contribution in [3.63, 3.8) is 0 Å². The second-order valence-corrected chi connectivity index (χ2v) is 4.30. The van der Waals surface area contributed by atoms with E-state index in [1.807, 2.05) is 11.8 Å². The van der Waals surface area contributed by atoms with Crippen LogP contribution in [0.15, 0.2) is 58.3 Å². The SMILES string of the molecule is [Na].c1ccc2c(c1)Nc1ccccc1S2. The number of nitrogens with one attached hydrogen (secondary N) is 1. The molecule has 1 radical (unpaired) electrons. The molecule has 15 heavy (non-hydrogen) atoms. The molecule has 1 nitrogen and oxygen atoms in total. The van der Waals surface area contributed by atoms with Gasteiger partial charge >= 0.3 is 0 Å². The molecule has 1 N–H and O–H groups in total. The summed E-state index contributed by atoms with van der Waals surface area (Å²) in [4.78, 5) is 2.59. The first kappa shape index (κ1) is 11.1. The molecule has 0 amide bonds. The molecule has 0 unspecified atom stereocenters. The van der Waals surface area contributed by atoms with Crippen LogP contribution >= 0.6 is 11.8 Å². The summed E-state index contributed by atoms with van der Waals surface area (Å²) in [7, 11) is 0. The average molecular weight is 222 g/mol. The molecule has 0 aliphatic carbocycles. The van der Waals surface area contributed by atoms with Crippen molar-refractivity contribution in [3.8, 4) is 0 Å². The van der Waals surface area contributed by atoms with Crippen molar-refractivity contribution >= 4 is 52.7 Å². The molecule has 2 aromatic rings. The molecular weight excluding hydrogens is 213 g/mol. The molecule has 0 fully saturated rings. The molecule has 2 aromatic carbocycles. The van der Waals surface area contributed by atoms with E-state index in [0.717, 1.165) is 0 Å². The average Bonchev–Trinajstić information content (AvgIpc) is 2.26. The molecule has 1 aliphatic rings. The number of fused-ring (bicyclic) bond motifs is 2. The van der Waals surface area contributed by atoms with Crippen LogP contribution in [-0.2, 0) is 0 Å². The molecule has 0 saturated heterocycles. The van der Waals surface area contributed by atoms with Gasteiger partial charge in [-0.25, -0.2) is 0 Å². The van der Waals surface area contributed by atoms with Crippen LogP contribution in [0.2, 0.25) is 0 Å². The van der Waals surface area contributed by atoms with Crippen molar-refractivity contribution in [2.45, 2.75) is 9.79 Å². The monoisotopic (exact) mass is 222 g/mol. The molecule has 0 atom stereocenters. The number of rotatable bonds is 0. The predicted octanol–water partition coefficient (Wildman–Crippen LogP) is 3.51. The normalized spacial score (nSPS) is 11.7. The van der Waals surface area contributed by atoms with Crippen LogP contribution in [0.25, 0.3) is 0 Å². The van der Waals surface area contributed by atoms with Gasteiger partial charge in [-0.1, -0.05) is 36.0 Å². The van der Waals surface area contributed by atoms with Gasteiger partial charge in [0, 0.05) is 39.3 Å². The van der Waals surface area contributed by atoms with Crippen molar-refractivity contribution in [1.82, 2.24) is 0 Å². The summed E-state index contributed by atoms with van der Waals surface area (Å²) in [6.45, 7) is 0. The van der Waals surface area contributed by atoms with Crippen LogP contribution in [0.1, 0.15) is 0 Å². The quantitative estimate of drug-likeness (QED) is 0.584. The Kier molecular flexibility index (Phi) is 3.42. The number of hydrogen-bond donors (Lipinski definition) is 1. The van der Waals surface area contributed by atoms with E-state index in [2.05, 4.69) is 53.8 Å². The Morgan fingerprint density at radius 2 is 1.20 bits per heavy atom. The van der Waals surface area contributed by atoms with Gasteiger partial charge in [0.25, 0.3) is 0 Å². The minimum atomic E-state index is 0. The standard InChI is InChI=1S/C12H9NS.Na/c1-3-7-11-9(5-1)13-10-6-2-4-8-12(10)14-11;/h1-8,13H;. The van der Waals surface area contributed by atoms with Crippen LogP contribution in [0, 0.1) is 0 Å². The summed E-state index contributed by atoms with van der Waals surface area (Å²) in [5.41, 5.74) is 2.41. The first-order chi connectivity index (χ1) is 6.93. The van der Waals surface area contributed by atoms with Crippen LogP contribution in [0.5, 0.6) is 0 Å². The summed E-state index contributed by atoms with van der Waals surface area (Å²) < 4.78 is 0. The largest absolute Gasteiger partial charge is 0.354 e. The first-order valence-corrected chi connectivity index (χ1v) is 5.38. The molecule has 0 bridgehead atoms. The molecule has 0 saturated carbocycles. The van der Waals surface area contributed by atoms with Gasteiger partial charge in [0.1, 0.15) is 0 Å². The maximum Gasteiger partial charge on any atom is 0.0526 e. The Balaban J connectivity index is 0.000000853. The van der Waals surface area contributed by atoms with Gasteiger partial charge in [0.05, 0.1) is 11.4 Å². The minimum absolute atomic E-state index is 0.